The van der Waals surface area contributed by atoms with Crippen molar-refractivity contribution >= 4 is 11.6 Å². The zero-order chi connectivity index (χ0) is 19.0. The Kier molecular flexibility index (Phi) is 8.26. The number of fused-ring (bicyclic) bond motifs is 1. The molecule has 0 saturated heterocycles. The van der Waals surface area contributed by atoms with Crippen molar-refractivity contribution in [3.05, 3.63) is 34.9 Å². The van der Waals surface area contributed by atoms with Gasteiger partial charge in [-0.2, -0.15) is 0 Å². The molecule has 1 atom stereocenters. The summed E-state index contributed by atoms with van der Waals surface area (Å²) in [5.74, 6) is 2.46. The minimum atomic E-state index is -0.132. The van der Waals surface area contributed by atoms with Gasteiger partial charge < -0.3 is 18.9 Å². The lowest BCUT2D eigenvalue weighted by Crippen LogP contribution is -2.36. The zero-order valence-electron chi connectivity index (χ0n) is 16.4. The Labute approximate surface area is 162 Å². The highest BCUT2D eigenvalue weighted by atomic mass is 35.5. The van der Waals surface area contributed by atoms with Crippen LogP contribution in [0.2, 0.25) is 0 Å². The summed E-state index contributed by atoms with van der Waals surface area (Å²) in [6.07, 6.45) is 8.10. The van der Waals surface area contributed by atoms with Gasteiger partial charge in [-0.25, -0.2) is 0 Å². The van der Waals surface area contributed by atoms with E-state index in [1.165, 1.54) is 5.56 Å². The lowest BCUT2D eigenvalue weighted by Gasteiger charge is -2.37. The summed E-state index contributed by atoms with van der Waals surface area (Å²) in [4.78, 5) is 0. The molecule has 1 aromatic carbocycles. The van der Waals surface area contributed by atoms with Gasteiger partial charge in [-0.15, -0.1) is 11.6 Å². The molecule has 2 rings (SSSR count). The molecule has 0 bridgehead atoms. The maximum absolute atomic E-state index is 6.45. The lowest BCUT2D eigenvalue weighted by atomic mass is 9.87. The SMILES string of the molecule is COCCOCOc1cc2c(c(C)c1C)OC(C)(CC/C=C/CCl)CC2. The summed E-state index contributed by atoms with van der Waals surface area (Å²) in [6.45, 7) is 7.70. The van der Waals surface area contributed by atoms with Gasteiger partial charge in [0, 0.05) is 13.0 Å². The van der Waals surface area contributed by atoms with Gasteiger partial charge in [0.25, 0.3) is 0 Å². The zero-order valence-corrected chi connectivity index (χ0v) is 17.2. The normalized spacial score (nSPS) is 19.4. The van der Waals surface area contributed by atoms with Gasteiger partial charge in [-0.05, 0) is 69.2 Å². The number of allylic oxidation sites excluding steroid dienone is 2. The minimum Gasteiger partial charge on any atom is -0.487 e. The number of hydrogen-bond acceptors (Lipinski definition) is 4. The molecule has 0 amide bonds. The Hall–Kier alpha value is -1.23. The Morgan fingerprint density at radius 2 is 2.04 bits per heavy atom. The highest BCUT2D eigenvalue weighted by molar-refractivity contribution is 6.18. The highest BCUT2D eigenvalue weighted by Gasteiger charge is 2.32. The second-order valence-corrected chi connectivity index (χ2v) is 7.30. The van der Waals surface area contributed by atoms with Crippen LogP contribution in [0.3, 0.4) is 0 Å². The maximum Gasteiger partial charge on any atom is 0.189 e. The van der Waals surface area contributed by atoms with E-state index >= 15 is 0 Å². The van der Waals surface area contributed by atoms with Crippen molar-refractivity contribution in [2.24, 2.45) is 0 Å². The molecule has 0 fully saturated rings. The monoisotopic (exact) mass is 382 g/mol. The number of methoxy groups -OCH3 is 1. The van der Waals surface area contributed by atoms with Crippen LogP contribution in [0.4, 0.5) is 0 Å². The molecule has 5 heteroatoms. The summed E-state index contributed by atoms with van der Waals surface area (Å²) in [5.41, 5.74) is 3.34. The van der Waals surface area contributed by atoms with Gasteiger partial charge >= 0.3 is 0 Å². The summed E-state index contributed by atoms with van der Waals surface area (Å²) in [5, 5.41) is 0. The van der Waals surface area contributed by atoms with E-state index in [9.17, 15) is 0 Å². The summed E-state index contributed by atoms with van der Waals surface area (Å²) >= 11 is 5.69. The quantitative estimate of drug-likeness (QED) is 0.248. The molecule has 26 heavy (non-hydrogen) atoms. The largest absolute Gasteiger partial charge is 0.487 e. The second kappa shape index (κ2) is 10.2. The Morgan fingerprint density at radius 1 is 1.23 bits per heavy atom. The maximum atomic E-state index is 6.45. The van der Waals surface area contributed by atoms with Gasteiger partial charge in [0.05, 0.1) is 13.2 Å². The number of aryl methyl sites for hydroxylation is 1. The van der Waals surface area contributed by atoms with Crippen molar-refractivity contribution in [1.82, 2.24) is 0 Å². The Bertz CT molecular complexity index is 615. The lowest BCUT2D eigenvalue weighted by molar-refractivity contribution is -0.00904. The van der Waals surface area contributed by atoms with Crippen LogP contribution in [-0.2, 0) is 15.9 Å². The van der Waals surface area contributed by atoms with E-state index in [0.29, 0.717) is 19.1 Å². The standard InChI is InChI=1S/C21H31ClO4/c1-16-17(2)20-18(14-19(16)25-15-24-13-12-23-4)8-10-21(3,26-20)9-6-5-7-11-22/h5,7,14H,6,8-13,15H2,1-4H3/b7-5+. The van der Waals surface area contributed by atoms with Crippen LogP contribution in [0.5, 0.6) is 11.5 Å². The number of halogens is 1. The molecular weight excluding hydrogens is 352 g/mol. The van der Waals surface area contributed by atoms with Gasteiger partial charge in [0.1, 0.15) is 17.1 Å². The smallest absolute Gasteiger partial charge is 0.189 e. The van der Waals surface area contributed by atoms with Crippen molar-refractivity contribution in [3.63, 3.8) is 0 Å². The number of alkyl halides is 1. The molecule has 0 radical (unpaired) electrons. The molecule has 1 unspecified atom stereocenters. The minimum absolute atomic E-state index is 0.132. The van der Waals surface area contributed by atoms with Crippen LogP contribution in [0, 0.1) is 13.8 Å². The fourth-order valence-corrected chi connectivity index (χ4v) is 3.28. The third-order valence-electron chi connectivity index (χ3n) is 4.97. The van der Waals surface area contributed by atoms with Crippen molar-refractivity contribution < 1.29 is 18.9 Å². The molecule has 146 valence electrons. The van der Waals surface area contributed by atoms with E-state index in [-0.39, 0.29) is 12.4 Å². The molecule has 0 aromatic heterocycles. The number of ether oxygens (including phenoxy) is 4. The number of rotatable bonds is 10. The molecule has 0 aliphatic carbocycles. The van der Waals surface area contributed by atoms with Crippen LogP contribution in [-0.4, -0.2) is 38.6 Å². The van der Waals surface area contributed by atoms with Crippen molar-refractivity contribution in [1.29, 1.82) is 0 Å². The van der Waals surface area contributed by atoms with E-state index < -0.39 is 0 Å². The van der Waals surface area contributed by atoms with Crippen LogP contribution in [0.15, 0.2) is 18.2 Å². The average molecular weight is 383 g/mol. The topological polar surface area (TPSA) is 36.9 Å². The molecule has 1 aliphatic rings. The van der Waals surface area contributed by atoms with Gasteiger partial charge in [-0.3, -0.25) is 0 Å². The summed E-state index contributed by atoms with van der Waals surface area (Å²) in [7, 11) is 1.66. The molecular formula is C21H31ClO4. The third-order valence-corrected chi connectivity index (χ3v) is 5.14. The Balaban J connectivity index is 2.04. The van der Waals surface area contributed by atoms with Crippen molar-refractivity contribution in [3.8, 4) is 11.5 Å². The van der Waals surface area contributed by atoms with Crippen LogP contribution < -0.4 is 9.47 Å². The van der Waals surface area contributed by atoms with Gasteiger partial charge in [0.15, 0.2) is 6.79 Å². The predicted molar refractivity (Wildman–Crippen MR) is 106 cm³/mol. The first kappa shape index (κ1) is 21.1. The highest BCUT2D eigenvalue weighted by Crippen LogP contribution is 2.42. The first-order chi connectivity index (χ1) is 12.5. The summed E-state index contributed by atoms with van der Waals surface area (Å²) in [6, 6.07) is 2.10. The van der Waals surface area contributed by atoms with Crippen LogP contribution in [0.25, 0.3) is 0 Å². The fraction of sp³-hybridized carbons (Fsp3) is 0.619. The van der Waals surface area contributed by atoms with Gasteiger partial charge in [-0.1, -0.05) is 12.2 Å². The first-order valence-electron chi connectivity index (χ1n) is 9.23. The molecule has 1 heterocycles. The van der Waals surface area contributed by atoms with E-state index in [1.807, 2.05) is 6.08 Å². The van der Waals surface area contributed by atoms with Crippen LogP contribution in [0.1, 0.15) is 42.9 Å². The molecule has 0 N–H and O–H groups in total. The number of benzene rings is 1. The molecule has 0 saturated carbocycles. The van der Waals surface area contributed by atoms with E-state index in [0.717, 1.165) is 48.3 Å². The predicted octanol–water partition coefficient (Wildman–Crippen LogP) is 4.96. The van der Waals surface area contributed by atoms with Crippen molar-refractivity contribution in [2.45, 2.75) is 52.1 Å². The van der Waals surface area contributed by atoms with Crippen molar-refractivity contribution in [2.75, 3.05) is 33.0 Å². The molecule has 0 spiro atoms. The average Bonchev–Trinajstić information content (AvgIpc) is 2.63. The number of hydrogen-bond donors (Lipinski definition) is 0. The molecule has 1 aliphatic heterocycles. The van der Waals surface area contributed by atoms with E-state index in [1.54, 1.807) is 7.11 Å². The van der Waals surface area contributed by atoms with Gasteiger partial charge in [0.2, 0.25) is 0 Å². The molecule has 4 nitrogen and oxygen atoms in total. The first-order valence-corrected chi connectivity index (χ1v) is 9.76. The third kappa shape index (κ3) is 5.63. The Morgan fingerprint density at radius 3 is 2.77 bits per heavy atom. The summed E-state index contributed by atoms with van der Waals surface area (Å²) < 4.78 is 22.7. The van der Waals surface area contributed by atoms with E-state index in [2.05, 4.69) is 32.9 Å². The second-order valence-electron chi connectivity index (χ2n) is 6.99. The van der Waals surface area contributed by atoms with Crippen LogP contribution >= 0.6 is 11.6 Å². The van der Waals surface area contributed by atoms with E-state index in [4.69, 9.17) is 30.5 Å². The fourth-order valence-electron chi connectivity index (χ4n) is 3.15. The molecule has 1 aromatic rings.